The first-order valence-corrected chi connectivity index (χ1v) is 15.9. The molecule has 0 bridgehead atoms. The molecule has 0 saturated heterocycles. The van der Waals surface area contributed by atoms with Crippen LogP contribution in [0.15, 0.2) is 78.9 Å². The van der Waals surface area contributed by atoms with Crippen molar-refractivity contribution in [3.8, 4) is 5.75 Å². The highest BCUT2D eigenvalue weighted by atomic mass is 32.2. The van der Waals surface area contributed by atoms with Crippen LogP contribution in [0.25, 0.3) is 0 Å². The maximum absolute atomic E-state index is 14.8. The van der Waals surface area contributed by atoms with Crippen molar-refractivity contribution in [2.75, 3.05) is 24.2 Å². The molecule has 3 aromatic carbocycles. The zero-order valence-electron chi connectivity index (χ0n) is 24.6. The maximum Gasteiger partial charge on any atom is 0.243 e. The second-order valence-electron chi connectivity index (χ2n) is 10.3. The number of carbonyl (C=O) groups is 2. The van der Waals surface area contributed by atoms with Crippen LogP contribution in [0.1, 0.15) is 44.2 Å². The molecule has 3 rings (SSSR count). The standard InChI is InChI=1S/C32H40FN3O5S/c1-5-24(2)34-32(38)30(22-25-12-7-6-8-13-25)35(23-26-14-9-10-15-29(26)33)31(37)16-11-21-36(42(4,39)40)27-17-19-28(41-3)20-18-27/h6-10,12-15,17-20,24,30H,5,11,16,21-23H2,1-4H3,(H,34,38)/t24-,30+/m1/s1. The van der Waals surface area contributed by atoms with Gasteiger partial charge in [-0.25, -0.2) is 12.8 Å². The molecule has 0 aromatic heterocycles. The van der Waals surface area contributed by atoms with Crippen molar-refractivity contribution in [1.29, 1.82) is 0 Å². The van der Waals surface area contributed by atoms with Crippen molar-refractivity contribution in [1.82, 2.24) is 10.2 Å². The summed E-state index contributed by atoms with van der Waals surface area (Å²) in [5.41, 5.74) is 1.59. The highest BCUT2D eigenvalue weighted by Gasteiger charge is 2.31. The van der Waals surface area contributed by atoms with Crippen LogP contribution in [0.2, 0.25) is 0 Å². The van der Waals surface area contributed by atoms with Crippen LogP contribution in [0, 0.1) is 5.82 Å². The third-order valence-corrected chi connectivity index (χ3v) is 8.28. The molecule has 0 aliphatic heterocycles. The fourth-order valence-electron chi connectivity index (χ4n) is 4.56. The number of methoxy groups -OCH3 is 1. The summed E-state index contributed by atoms with van der Waals surface area (Å²) in [5.74, 6) is -0.583. The number of nitrogens with zero attached hydrogens (tertiary/aromatic N) is 2. The minimum absolute atomic E-state index is 0.0431. The molecule has 0 radical (unpaired) electrons. The Hall–Kier alpha value is -3.92. The Labute approximate surface area is 248 Å². The minimum Gasteiger partial charge on any atom is -0.497 e. The Bertz CT molecular complexity index is 1420. The maximum atomic E-state index is 14.8. The van der Waals surface area contributed by atoms with Crippen molar-refractivity contribution in [3.63, 3.8) is 0 Å². The van der Waals surface area contributed by atoms with E-state index in [1.54, 1.807) is 42.5 Å². The van der Waals surface area contributed by atoms with Crippen LogP contribution in [0.3, 0.4) is 0 Å². The first kappa shape index (κ1) is 32.6. The number of amides is 2. The summed E-state index contributed by atoms with van der Waals surface area (Å²) < 4.78 is 46.4. The van der Waals surface area contributed by atoms with Crippen LogP contribution in [0.5, 0.6) is 5.75 Å². The summed E-state index contributed by atoms with van der Waals surface area (Å²) in [7, 11) is -2.12. The largest absolute Gasteiger partial charge is 0.497 e. The summed E-state index contributed by atoms with van der Waals surface area (Å²) in [6, 6.07) is 21.1. The van der Waals surface area contributed by atoms with Crippen molar-refractivity contribution in [3.05, 3.63) is 95.8 Å². The molecule has 42 heavy (non-hydrogen) atoms. The van der Waals surface area contributed by atoms with Crippen molar-refractivity contribution in [2.45, 2.75) is 58.2 Å². The number of ether oxygens (including phenoxy) is 1. The number of sulfonamides is 1. The molecule has 1 N–H and O–H groups in total. The van der Waals surface area contributed by atoms with Gasteiger partial charge < -0.3 is 15.0 Å². The Balaban J connectivity index is 1.89. The molecule has 0 spiro atoms. The number of benzene rings is 3. The zero-order valence-corrected chi connectivity index (χ0v) is 25.4. The first-order chi connectivity index (χ1) is 20.0. The van der Waals surface area contributed by atoms with E-state index in [0.717, 1.165) is 11.8 Å². The SMILES string of the molecule is CC[C@@H](C)NC(=O)[C@H](Cc1ccccc1)N(Cc1ccccc1F)C(=O)CCCN(c1ccc(OC)cc1)S(C)(=O)=O. The summed E-state index contributed by atoms with van der Waals surface area (Å²) in [5, 5.41) is 2.99. The fourth-order valence-corrected chi connectivity index (χ4v) is 5.52. The second kappa shape index (κ2) is 15.3. The van der Waals surface area contributed by atoms with Crippen LogP contribution >= 0.6 is 0 Å². The average Bonchev–Trinajstić information content (AvgIpc) is 2.97. The normalized spacial score (nSPS) is 12.7. The highest BCUT2D eigenvalue weighted by Crippen LogP contribution is 2.23. The lowest BCUT2D eigenvalue weighted by atomic mass is 10.0. The van der Waals surface area contributed by atoms with Gasteiger partial charge in [-0.3, -0.25) is 13.9 Å². The first-order valence-electron chi connectivity index (χ1n) is 14.0. The number of carbonyl (C=O) groups excluding carboxylic acids is 2. The van der Waals surface area contributed by atoms with Gasteiger partial charge in [-0.05, 0) is 55.7 Å². The van der Waals surface area contributed by atoms with Crippen LogP contribution in [-0.2, 0) is 32.6 Å². The summed E-state index contributed by atoms with van der Waals surface area (Å²) in [6.45, 7) is 3.78. The molecule has 2 atom stereocenters. The summed E-state index contributed by atoms with van der Waals surface area (Å²) >= 11 is 0. The molecule has 0 fully saturated rings. The number of anilines is 1. The Morgan fingerprint density at radius 1 is 0.976 bits per heavy atom. The Morgan fingerprint density at radius 3 is 2.21 bits per heavy atom. The van der Waals surface area contributed by atoms with Crippen molar-refractivity contribution in [2.24, 2.45) is 0 Å². The van der Waals surface area contributed by atoms with Gasteiger partial charge in [0.1, 0.15) is 17.6 Å². The van der Waals surface area contributed by atoms with Gasteiger partial charge in [0.25, 0.3) is 0 Å². The second-order valence-corrected chi connectivity index (χ2v) is 12.2. The monoisotopic (exact) mass is 597 g/mol. The average molecular weight is 598 g/mol. The third kappa shape index (κ3) is 9.30. The molecule has 0 unspecified atom stereocenters. The lowest BCUT2D eigenvalue weighted by Gasteiger charge is -2.33. The van der Waals surface area contributed by atoms with Gasteiger partial charge in [-0.1, -0.05) is 55.5 Å². The topological polar surface area (TPSA) is 96.0 Å². The van der Waals surface area contributed by atoms with E-state index in [0.29, 0.717) is 17.9 Å². The van der Waals surface area contributed by atoms with E-state index < -0.39 is 21.9 Å². The van der Waals surface area contributed by atoms with E-state index >= 15 is 0 Å². The third-order valence-electron chi connectivity index (χ3n) is 7.08. The smallest absolute Gasteiger partial charge is 0.243 e. The number of hydrogen-bond acceptors (Lipinski definition) is 5. The highest BCUT2D eigenvalue weighted by molar-refractivity contribution is 7.92. The van der Waals surface area contributed by atoms with E-state index in [1.165, 1.54) is 22.4 Å². The number of nitrogens with one attached hydrogen (secondary N) is 1. The summed E-state index contributed by atoms with van der Waals surface area (Å²) in [4.78, 5) is 28.9. The molecule has 2 amide bonds. The van der Waals surface area contributed by atoms with Gasteiger partial charge >= 0.3 is 0 Å². The number of rotatable bonds is 15. The number of halogens is 1. The lowest BCUT2D eigenvalue weighted by Crippen LogP contribution is -2.52. The Kier molecular flexibility index (Phi) is 11.9. The van der Waals surface area contributed by atoms with E-state index in [9.17, 15) is 22.4 Å². The molecule has 3 aromatic rings. The lowest BCUT2D eigenvalue weighted by molar-refractivity contribution is -0.141. The van der Waals surface area contributed by atoms with Gasteiger partial charge in [-0.15, -0.1) is 0 Å². The van der Waals surface area contributed by atoms with E-state index in [2.05, 4.69) is 5.32 Å². The van der Waals surface area contributed by atoms with Gasteiger partial charge in [0.05, 0.1) is 19.1 Å². The quantitative estimate of drug-likeness (QED) is 0.268. The molecular weight excluding hydrogens is 557 g/mol. The van der Waals surface area contributed by atoms with E-state index in [1.807, 2.05) is 44.2 Å². The van der Waals surface area contributed by atoms with Gasteiger partial charge in [0.2, 0.25) is 21.8 Å². The van der Waals surface area contributed by atoms with E-state index in [-0.39, 0.29) is 55.8 Å². The van der Waals surface area contributed by atoms with Crippen molar-refractivity contribution < 1.29 is 27.1 Å². The zero-order chi connectivity index (χ0) is 30.7. The molecule has 0 aliphatic rings. The van der Waals surface area contributed by atoms with Crippen LogP contribution in [0.4, 0.5) is 10.1 Å². The molecule has 10 heteroatoms. The summed E-state index contributed by atoms with van der Waals surface area (Å²) in [6.07, 6.45) is 2.20. The van der Waals surface area contributed by atoms with Crippen LogP contribution in [-0.4, -0.2) is 57.1 Å². The number of hydrogen-bond donors (Lipinski definition) is 1. The molecule has 226 valence electrons. The van der Waals surface area contributed by atoms with Crippen LogP contribution < -0.4 is 14.4 Å². The minimum atomic E-state index is -3.64. The van der Waals surface area contributed by atoms with Crippen molar-refractivity contribution >= 4 is 27.5 Å². The predicted octanol–water partition coefficient (Wildman–Crippen LogP) is 4.94. The van der Waals surface area contributed by atoms with Gasteiger partial charge in [0, 0.05) is 37.5 Å². The van der Waals surface area contributed by atoms with E-state index in [4.69, 9.17) is 4.74 Å². The molecular formula is C32H40FN3O5S. The van der Waals surface area contributed by atoms with Gasteiger partial charge in [0.15, 0.2) is 0 Å². The molecule has 0 heterocycles. The molecule has 0 aliphatic carbocycles. The molecule has 8 nitrogen and oxygen atoms in total. The fraction of sp³-hybridized carbons (Fsp3) is 0.375. The predicted molar refractivity (Wildman–Crippen MR) is 163 cm³/mol. The molecule has 0 saturated carbocycles. The Morgan fingerprint density at radius 2 is 1.62 bits per heavy atom. The van der Waals surface area contributed by atoms with Gasteiger partial charge in [-0.2, -0.15) is 0 Å².